The first-order chi connectivity index (χ1) is 20.7. The van der Waals surface area contributed by atoms with Crippen LogP contribution in [0.3, 0.4) is 0 Å². The highest BCUT2D eigenvalue weighted by Crippen LogP contribution is 2.51. The minimum absolute atomic E-state index is 0.352. The van der Waals surface area contributed by atoms with Crippen LogP contribution in [-0.4, -0.2) is 111 Å². The van der Waals surface area contributed by atoms with Gasteiger partial charge in [-0.2, -0.15) is 0 Å². The van der Waals surface area contributed by atoms with Crippen molar-refractivity contribution in [1.29, 1.82) is 0 Å². The summed E-state index contributed by atoms with van der Waals surface area (Å²) in [5.41, 5.74) is 1.36. The van der Waals surface area contributed by atoms with Crippen molar-refractivity contribution < 1.29 is 13.7 Å². The summed E-state index contributed by atoms with van der Waals surface area (Å²) in [7, 11) is 0. The Hall–Kier alpha value is 0.110. The second-order valence-electron chi connectivity index (χ2n) is 17.0. The molecule has 0 bridgehead atoms. The van der Waals surface area contributed by atoms with Gasteiger partial charge in [0.2, 0.25) is 0 Å². The van der Waals surface area contributed by atoms with Gasteiger partial charge in [0.25, 0.3) is 0 Å². The van der Waals surface area contributed by atoms with E-state index in [-0.39, 0.29) is 0 Å². The third kappa shape index (κ3) is 9.14. The molecule has 6 fully saturated rings. The zero-order valence-corrected chi connectivity index (χ0v) is 29.3. The van der Waals surface area contributed by atoms with E-state index in [9.17, 15) is 0 Å². The lowest BCUT2D eigenvalue weighted by atomic mass is 9.91. The molecule has 0 N–H and O–H groups in total. The highest BCUT2D eigenvalue weighted by Gasteiger charge is 2.50. The van der Waals surface area contributed by atoms with Crippen LogP contribution in [0, 0.1) is 28.1 Å². The largest absolute Gasteiger partial charge is 0.378 e. The Kier molecular flexibility index (Phi) is 10.8. The average Bonchev–Trinajstić information content (AvgIpc) is 3.92. The summed E-state index contributed by atoms with van der Waals surface area (Å²) in [6, 6.07) is 1.56. The van der Waals surface area contributed by atoms with E-state index < -0.39 is 0 Å². The molecule has 0 spiro atoms. The second-order valence-corrected chi connectivity index (χ2v) is 17.5. The van der Waals surface area contributed by atoms with E-state index in [1.807, 2.05) is 0 Å². The van der Waals surface area contributed by atoms with Crippen LogP contribution in [0.15, 0.2) is 0 Å². The molecule has 2 unspecified atom stereocenters. The zero-order valence-electron chi connectivity index (χ0n) is 28.5. The summed E-state index contributed by atoms with van der Waals surface area (Å²) < 4.78 is 18.1. The minimum Gasteiger partial charge on any atom is -0.378 e. The Bertz CT molecular complexity index is 889. The molecule has 4 atom stereocenters. The Morgan fingerprint density at radius 1 is 0.674 bits per heavy atom. The maximum atomic E-state index is 6.12. The first-order valence-electron chi connectivity index (χ1n) is 18.3. The summed E-state index contributed by atoms with van der Waals surface area (Å²) in [6.45, 7) is 20.7. The van der Waals surface area contributed by atoms with Crippen LogP contribution in [0.4, 0.5) is 0 Å². The molecule has 3 aliphatic heterocycles. The molecule has 0 amide bonds. The molecular weight excluding hydrogens is 554 g/mol. The molecule has 7 heteroatoms. The molecule has 3 aliphatic carbocycles. The maximum Gasteiger partial charge on any atom is 0.0682 e. The second kappa shape index (κ2) is 14.1. The van der Waals surface area contributed by atoms with Gasteiger partial charge >= 0.3 is 0 Å². The Labute approximate surface area is 268 Å². The van der Waals surface area contributed by atoms with Crippen molar-refractivity contribution in [3.63, 3.8) is 0 Å². The van der Waals surface area contributed by atoms with Crippen LogP contribution >= 0.6 is 12.0 Å². The molecular formula is C36H65N3O3S. The summed E-state index contributed by atoms with van der Waals surface area (Å²) in [6.07, 6.45) is 19.4. The molecule has 0 aromatic heterocycles. The molecule has 3 saturated heterocycles. The fourth-order valence-electron chi connectivity index (χ4n) is 8.87. The summed E-state index contributed by atoms with van der Waals surface area (Å²) in [5.74, 6) is 1.72. The monoisotopic (exact) mass is 619 g/mol. The number of hydrogen-bond acceptors (Lipinski definition) is 7. The van der Waals surface area contributed by atoms with E-state index in [4.69, 9.17) is 13.7 Å². The van der Waals surface area contributed by atoms with Crippen LogP contribution in [0.2, 0.25) is 0 Å². The smallest absolute Gasteiger partial charge is 0.0682 e. The van der Waals surface area contributed by atoms with Crippen molar-refractivity contribution in [3.05, 3.63) is 0 Å². The van der Waals surface area contributed by atoms with Crippen molar-refractivity contribution in [2.24, 2.45) is 28.1 Å². The van der Waals surface area contributed by atoms with Crippen LogP contribution < -0.4 is 0 Å². The highest BCUT2D eigenvalue weighted by molar-refractivity contribution is 7.93. The lowest BCUT2D eigenvalue weighted by Crippen LogP contribution is -2.39. The van der Waals surface area contributed by atoms with Gasteiger partial charge in [-0.05, 0) is 142 Å². The van der Waals surface area contributed by atoms with Crippen LogP contribution in [-0.2, 0) is 13.7 Å². The van der Waals surface area contributed by atoms with Crippen molar-refractivity contribution in [1.82, 2.24) is 14.7 Å². The topological polar surface area (TPSA) is 37.4 Å². The molecule has 3 heterocycles. The van der Waals surface area contributed by atoms with Gasteiger partial charge in [0.1, 0.15) is 0 Å². The standard InChI is InChI=1S/C36H65N3O3S/c1-28(2)40-25-34(9-10-34)22-37-16-8-30(20-37)17-33-19-31(21-39(33)24-36(13-14-36)27-42-43-5)18-32-7-6-15-38(32)23-35(11-12-35)26-41-29(3)4/h28-33H,6-27H2,1-5H3/t30?,31?,32-,33-/m0/s1. The lowest BCUT2D eigenvalue weighted by Gasteiger charge is -2.31. The van der Waals surface area contributed by atoms with Crippen molar-refractivity contribution in [3.8, 4) is 0 Å². The van der Waals surface area contributed by atoms with E-state index in [2.05, 4.69) is 48.7 Å². The van der Waals surface area contributed by atoms with Crippen molar-refractivity contribution in [2.75, 3.05) is 71.9 Å². The average molecular weight is 620 g/mol. The molecule has 6 rings (SSSR count). The van der Waals surface area contributed by atoms with Crippen molar-refractivity contribution in [2.45, 2.75) is 129 Å². The number of nitrogens with zero attached hydrogens (tertiary/aromatic N) is 3. The van der Waals surface area contributed by atoms with Gasteiger partial charge in [-0.3, -0.25) is 9.80 Å². The third-order valence-electron chi connectivity index (χ3n) is 12.1. The Morgan fingerprint density at radius 2 is 1.28 bits per heavy atom. The van der Waals surface area contributed by atoms with E-state index in [0.29, 0.717) is 28.5 Å². The molecule has 43 heavy (non-hydrogen) atoms. The number of likely N-dealkylation sites (tertiary alicyclic amines) is 3. The van der Waals surface area contributed by atoms with E-state index in [1.54, 1.807) is 12.0 Å². The van der Waals surface area contributed by atoms with Gasteiger partial charge in [-0.25, -0.2) is 0 Å². The fourth-order valence-corrected chi connectivity index (χ4v) is 9.24. The Balaban J connectivity index is 1.03. The molecule has 3 saturated carbocycles. The first kappa shape index (κ1) is 33.0. The number of hydrogen-bond donors (Lipinski definition) is 0. The third-order valence-corrected chi connectivity index (χ3v) is 12.5. The molecule has 248 valence electrons. The predicted octanol–water partition coefficient (Wildman–Crippen LogP) is 6.73. The van der Waals surface area contributed by atoms with Crippen LogP contribution in [0.1, 0.15) is 105 Å². The summed E-state index contributed by atoms with van der Waals surface area (Å²) in [4.78, 5) is 8.68. The minimum atomic E-state index is 0.352. The van der Waals surface area contributed by atoms with Crippen LogP contribution in [0.5, 0.6) is 0 Å². The van der Waals surface area contributed by atoms with Gasteiger partial charge in [-0.15, -0.1) is 0 Å². The zero-order chi connectivity index (χ0) is 30.1. The maximum absolute atomic E-state index is 6.12. The SMILES string of the molecule is CSOCC1(CN2CC(C[C@@H]3CCCN3CC3(COC(C)C)CC3)C[C@@H]2CC2CCN(CC3(COC(C)C)CC3)C2)CC1. The number of rotatable bonds is 19. The number of ether oxygens (including phenoxy) is 2. The molecule has 6 nitrogen and oxygen atoms in total. The van der Waals surface area contributed by atoms with Gasteiger partial charge < -0.3 is 18.6 Å². The molecule has 0 aromatic rings. The molecule has 6 aliphatic rings. The van der Waals surface area contributed by atoms with Gasteiger partial charge in [0.15, 0.2) is 0 Å². The molecule has 0 radical (unpaired) electrons. The van der Waals surface area contributed by atoms with Crippen molar-refractivity contribution >= 4 is 12.0 Å². The summed E-state index contributed by atoms with van der Waals surface area (Å²) >= 11 is 1.56. The Morgan fingerprint density at radius 3 is 1.91 bits per heavy atom. The van der Waals surface area contributed by atoms with Crippen LogP contribution in [0.25, 0.3) is 0 Å². The van der Waals surface area contributed by atoms with E-state index in [0.717, 1.165) is 43.7 Å². The fraction of sp³-hybridized carbons (Fsp3) is 1.00. The van der Waals surface area contributed by atoms with Gasteiger partial charge in [0.05, 0.1) is 32.0 Å². The van der Waals surface area contributed by atoms with Gasteiger partial charge in [-0.1, -0.05) is 0 Å². The predicted molar refractivity (Wildman–Crippen MR) is 178 cm³/mol. The first-order valence-corrected chi connectivity index (χ1v) is 19.4. The quantitative estimate of drug-likeness (QED) is 0.149. The lowest BCUT2D eigenvalue weighted by molar-refractivity contribution is 0.0282. The van der Waals surface area contributed by atoms with E-state index >= 15 is 0 Å². The normalized spacial score (nSPS) is 33.3. The van der Waals surface area contributed by atoms with E-state index in [1.165, 1.54) is 123 Å². The summed E-state index contributed by atoms with van der Waals surface area (Å²) in [5, 5.41) is 0. The van der Waals surface area contributed by atoms with Gasteiger partial charge in [0, 0.05) is 67.3 Å². The molecule has 0 aromatic carbocycles. The highest BCUT2D eigenvalue weighted by atomic mass is 32.2.